The Labute approximate surface area is 103 Å². The Morgan fingerprint density at radius 2 is 2.24 bits per heavy atom. The van der Waals surface area contributed by atoms with Gasteiger partial charge in [-0.2, -0.15) is 5.26 Å². The third-order valence-corrected chi connectivity index (χ3v) is 2.58. The molecule has 4 nitrogen and oxygen atoms in total. The summed E-state index contributed by atoms with van der Waals surface area (Å²) in [5.74, 6) is 0.633. The molecule has 1 N–H and O–H groups in total. The van der Waals surface area contributed by atoms with Crippen molar-refractivity contribution in [3.8, 4) is 11.8 Å². The molecular formula is C13H19N3O. The van der Waals surface area contributed by atoms with Crippen molar-refractivity contribution < 1.29 is 4.74 Å². The molecule has 0 fully saturated rings. The van der Waals surface area contributed by atoms with Crippen LogP contribution in [0.3, 0.4) is 0 Å². The van der Waals surface area contributed by atoms with Crippen molar-refractivity contribution in [1.29, 1.82) is 5.26 Å². The molecule has 1 rings (SSSR count). The Kier molecular flexibility index (Phi) is 5.47. The number of likely N-dealkylation sites (N-methyl/N-ethyl adjacent to an activating group) is 2. The zero-order valence-corrected chi connectivity index (χ0v) is 10.7. The topological polar surface area (TPSA) is 48.3 Å². The van der Waals surface area contributed by atoms with E-state index < -0.39 is 0 Å². The number of benzene rings is 1. The van der Waals surface area contributed by atoms with E-state index >= 15 is 0 Å². The van der Waals surface area contributed by atoms with Gasteiger partial charge < -0.3 is 15.0 Å². The van der Waals surface area contributed by atoms with Crippen molar-refractivity contribution in [2.24, 2.45) is 0 Å². The normalized spacial score (nSPS) is 10.3. The molecule has 17 heavy (non-hydrogen) atoms. The van der Waals surface area contributed by atoms with E-state index in [1.807, 2.05) is 25.2 Å². The van der Waals surface area contributed by atoms with E-state index in [2.05, 4.69) is 23.3 Å². The lowest BCUT2D eigenvalue weighted by Crippen LogP contribution is -2.26. The Morgan fingerprint density at radius 3 is 2.82 bits per heavy atom. The summed E-state index contributed by atoms with van der Waals surface area (Å²) in [6.45, 7) is 2.77. The zero-order chi connectivity index (χ0) is 12.7. The maximum absolute atomic E-state index is 9.00. The van der Waals surface area contributed by atoms with Gasteiger partial charge in [-0.05, 0) is 31.8 Å². The van der Waals surface area contributed by atoms with Crippen LogP contribution in [0.15, 0.2) is 18.2 Å². The number of nitrogens with zero attached hydrogens (tertiary/aromatic N) is 2. The smallest absolute Gasteiger partial charge is 0.136 e. The van der Waals surface area contributed by atoms with Crippen molar-refractivity contribution in [2.45, 2.75) is 6.54 Å². The van der Waals surface area contributed by atoms with Gasteiger partial charge in [0.15, 0.2) is 0 Å². The highest BCUT2D eigenvalue weighted by Crippen LogP contribution is 2.19. The molecule has 0 spiro atoms. The first-order valence-electron chi connectivity index (χ1n) is 5.61. The van der Waals surface area contributed by atoms with E-state index in [-0.39, 0.29) is 0 Å². The van der Waals surface area contributed by atoms with Gasteiger partial charge in [-0.3, -0.25) is 0 Å². The van der Waals surface area contributed by atoms with Crippen LogP contribution in [-0.2, 0) is 6.54 Å². The largest absolute Gasteiger partial charge is 0.495 e. The number of nitrogens with one attached hydrogen (secondary N) is 1. The van der Waals surface area contributed by atoms with Gasteiger partial charge in [0, 0.05) is 19.6 Å². The van der Waals surface area contributed by atoms with E-state index in [0.29, 0.717) is 11.3 Å². The first kappa shape index (κ1) is 13.5. The summed E-state index contributed by atoms with van der Waals surface area (Å²) in [4.78, 5) is 2.21. The molecular weight excluding hydrogens is 214 g/mol. The molecule has 0 saturated heterocycles. The Balaban J connectivity index is 2.69. The number of ether oxygens (including phenoxy) is 1. The Morgan fingerprint density at radius 1 is 1.47 bits per heavy atom. The quantitative estimate of drug-likeness (QED) is 0.802. The number of hydrogen-bond donors (Lipinski definition) is 1. The lowest BCUT2D eigenvalue weighted by molar-refractivity contribution is 0.328. The summed E-state index contributed by atoms with van der Waals surface area (Å²) in [5.41, 5.74) is 1.72. The maximum Gasteiger partial charge on any atom is 0.136 e. The molecule has 0 aromatic heterocycles. The summed E-state index contributed by atoms with van der Waals surface area (Å²) >= 11 is 0. The monoisotopic (exact) mass is 233 g/mol. The lowest BCUT2D eigenvalue weighted by atomic mass is 10.1. The summed E-state index contributed by atoms with van der Waals surface area (Å²) in [7, 11) is 5.58. The second-order valence-electron chi connectivity index (χ2n) is 3.99. The summed E-state index contributed by atoms with van der Waals surface area (Å²) in [6, 6.07) is 7.87. The second-order valence-corrected chi connectivity index (χ2v) is 3.99. The van der Waals surface area contributed by atoms with Crippen molar-refractivity contribution in [3.05, 3.63) is 29.3 Å². The van der Waals surface area contributed by atoms with Gasteiger partial charge >= 0.3 is 0 Å². The molecule has 0 bridgehead atoms. The Hall–Kier alpha value is -1.57. The van der Waals surface area contributed by atoms with E-state index in [1.165, 1.54) is 0 Å². The van der Waals surface area contributed by atoms with Crippen LogP contribution < -0.4 is 10.1 Å². The van der Waals surface area contributed by atoms with Crippen LogP contribution in [0.2, 0.25) is 0 Å². The number of nitriles is 1. The lowest BCUT2D eigenvalue weighted by Gasteiger charge is -2.16. The molecule has 1 aromatic rings. The molecule has 1 aromatic carbocycles. The third-order valence-electron chi connectivity index (χ3n) is 2.58. The minimum Gasteiger partial charge on any atom is -0.495 e. The van der Waals surface area contributed by atoms with Gasteiger partial charge in [-0.25, -0.2) is 0 Å². The maximum atomic E-state index is 9.00. The molecule has 0 amide bonds. The first-order valence-corrected chi connectivity index (χ1v) is 5.61. The van der Waals surface area contributed by atoms with Gasteiger partial charge in [-0.15, -0.1) is 0 Å². The van der Waals surface area contributed by atoms with Gasteiger partial charge in [0.05, 0.1) is 12.7 Å². The molecule has 0 radical (unpaired) electrons. The Bertz CT molecular complexity index is 398. The van der Waals surface area contributed by atoms with Crippen LogP contribution in [0, 0.1) is 11.3 Å². The molecule has 0 unspecified atom stereocenters. The predicted octanol–water partition coefficient (Wildman–Crippen LogP) is 1.22. The number of methoxy groups -OCH3 is 1. The van der Waals surface area contributed by atoms with Crippen LogP contribution in [0.5, 0.6) is 5.75 Å². The van der Waals surface area contributed by atoms with Crippen molar-refractivity contribution in [2.75, 3.05) is 34.3 Å². The van der Waals surface area contributed by atoms with E-state index in [0.717, 1.165) is 25.2 Å². The molecule has 0 aliphatic heterocycles. The average molecular weight is 233 g/mol. The molecule has 0 heterocycles. The molecule has 0 saturated carbocycles. The van der Waals surface area contributed by atoms with Crippen molar-refractivity contribution in [1.82, 2.24) is 10.2 Å². The predicted molar refractivity (Wildman–Crippen MR) is 68.0 cm³/mol. The van der Waals surface area contributed by atoms with E-state index in [1.54, 1.807) is 7.11 Å². The highest BCUT2D eigenvalue weighted by atomic mass is 16.5. The molecule has 0 aliphatic rings. The van der Waals surface area contributed by atoms with Crippen LogP contribution >= 0.6 is 0 Å². The highest BCUT2D eigenvalue weighted by molar-refractivity contribution is 5.45. The van der Waals surface area contributed by atoms with Gasteiger partial charge in [0.2, 0.25) is 0 Å². The van der Waals surface area contributed by atoms with Gasteiger partial charge in [0.25, 0.3) is 0 Å². The molecule has 92 valence electrons. The summed E-state index contributed by atoms with van der Waals surface area (Å²) in [5, 5.41) is 12.1. The van der Waals surface area contributed by atoms with Crippen LogP contribution in [0.1, 0.15) is 11.1 Å². The SMILES string of the molecule is CNCCN(C)Cc1ccc(OC)c(C#N)c1. The molecule has 0 aliphatic carbocycles. The highest BCUT2D eigenvalue weighted by Gasteiger charge is 2.05. The van der Waals surface area contributed by atoms with Gasteiger partial charge in [0.1, 0.15) is 11.8 Å². The van der Waals surface area contributed by atoms with Crippen molar-refractivity contribution >= 4 is 0 Å². The standard InChI is InChI=1S/C13H19N3O/c1-15-6-7-16(2)10-11-4-5-13(17-3)12(8-11)9-14/h4-5,8,15H,6-7,10H2,1-3H3. The van der Waals surface area contributed by atoms with Crippen molar-refractivity contribution in [3.63, 3.8) is 0 Å². The summed E-state index contributed by atoms with van der Waals surface area (Å²) in [6.07, 6.45) is 0. The fourth-order valence-corrected chi connectivity index (χ4v) is 1.63. The van der Waals surface area contributed by atoms with Crippen LogP contribution in [0.25, 0.3) is 0 Å². The fraction of sp³-hybridized carbons (Fsp3) is 0.462. The van der Waals surface area contributed by atoms with E-state index in [4.69, 9.17) is 10.00 Å². The zero-order valence-electron chi connectivity index (χ0n) is 10.7. The minimum atomic E-state index is 0.590. The number of rotatable bonds is 6. The molecule has 4 heteroatoms. The third kappa shape index (κ3) is 4.06. The van der Waals surface area contributed by atoms with Crippen LogP contribution in [-0.4, -0.2) is 39.2 Å². The average Bonchev–Trinajstić information content (AvgIpc) is 2.36. The second kappa shape index (κ2) is 6.89. The van der Waals surface area contributed by atoms with Gasteiger partial charge in [-0.1, -0.05) is 6.07 Å². The minimum absolute atomic E-state index is 0.590. The van der Waals surface area contributed by atoms with Crippen LogP contribution in [0.4, 0.5) is 0 Å². The number of hydrogen-bond acceptors (Lipinski definition) is 4. The fourth-order valence-electron chi connectivity index (χ4n) is 1.63. The van der Waals surface area contributed by atoms with E-state index in [9.17, 15) is 0 Å². The first-order chi connectivity index (χ1) is 8.21. The molecule has 0 atom stereocenters. The summed E-state index contributed by atoms with van der Waals surface area (Å²) < 4.78 is 5.11.